The highest BCUT2D eigenvalue weighted by molar-refractivity contribution is 5.95. The third-order valence-electron chi connectivity index (χ3n) is 8.00. The molecule has 2 aromatic carbocycles. The van der Waals surface area contributed by atoms with Crippen molar-refractivity contribution in [1.29, 1.82) is 0 Å². The van der Waals surface area contributed by atoms with Crippen LogP contribution in [0, 0.1) is 11.2 Å². The first kappa shape index (κ1) is 24.7. The van der Waals surface area contributed by atoms with Crippen molar-refractivity contribution in [2.45, 2.75) is 25.8 Å². The van der Waals surface area contributed by atoms with E-state index in [9.17, 15) is 9.18 Å². The van der Waals surface area contributed by atoms with Crippen LogP contribution >= 0.6 is 0 Å². The minimum atomic E-state index is -0.224. The van der Waals surface area contributed by atoms with Gasteiger partial charge in [0.05, 0.1) is 24.8 Å². The lowest BCUT2D eigenvalue weighted by molar-refractivity contribution is -0.0106. The van der Waals surface area contributed by atoms with Crippen molar-refractivity contribution in [3.8, 4) is 0 Å². The predicted octanol–water partition coefficient (Wildman–Crippen LogP) is 5.65. The van der Waals surface area contributed by atoms with E-state index in [4.69, 9.17) is 4.74 Å². The van der Waals surface area contributed by atoms with Gasteiger partial charge in [-0.25, -0.2) is 4.39 Å². The third kappa shape index (κ3) is 4.82. The van der Waals surface area contributed by atoms with Gasteiger partial charge < -0.3 is 15.0 Å². The van der Waals surface area contributed by atoms with Crippen molar-refractivity contribution in [1.82, 2.24) is 15.2 Å². The van der Waals surface area contributed by atoms with Gasteiger partial charge in [0, 0.05) is 30.9 Å². The van der Waals surface area contributed by atoms with E-state index in [-0.39, 0.29) is 17.8 Å². The van der Waals surface area contributed by atoms with Crippen molar-refractivity contribution in [3.05, 3.63) is 112 Å². The molecule has 1 aromatic heterocycles. The van der Waals surface area contributed by atoms with Gasteiger partial charge >= 0.3 is 0 Å². The molecule has 6 heteroatoms. The van der Waals surface area contributed by atoms with E-state index in [0.29, 0.717) is 24.2 Å². The topological polar surface area (TPSA) is 54.5 Å². The molecule has 1 spiro atoms. The molecule has 194 valence electrons. The Hall–Kier alpha value is -3.61. The molecule has 1 aliphatic carbocycles. The number of halogens is 1. The molecular weight excluding hydrogens is 477 g/mol. The van der Waals surface area contributed by atoms with Gasteiger partial charge in [0.25, 0.3) is 5.91 Å². The Morgan fingerprint density at radius 2 is 1.71 bits per heavy atom. The summed E-state index contributed by atoms with van der Waals surface area (Å²) < 4.78 is 19.1. The highest BCUT2D eigenvalue weighted by Crippen LogP contribution is 2.54. The maximum atomic E-state index is 13.7. The normalized spacial score (nSPS) is 18.9. The highest BCUT2D eigenvalue weighted by Gasteiger charge is 2.49. The SMILES string of the molecule is C[C@@H](NC(=O)c1cncc(C2=CCOC2)c1)c1ccc(C(=C2CC3(C2)CN(C)C3)c2ccc(F)cc2)cc1. The molecule has 0 bridgehead atoms. The van der Waals surface area contributed by atoms with E-state index < -0.39 is 0 Å². The summed E-state index contributed by atoms with van der Waals surface area (Å²) in [6.45, 7) is 5.42. The second kappa shape index (κ2) is 9.93. The lowest BCUT2D eigenvalue weighted by atomic mass is 9.59. The Kier molecular flexibility index (Phi) is 6.46. The summed E-state index contributed by atoms with van der Waals surface area (Å²) >= 11 is 0. The number of carbonyl (C=O) groups excluding carboxylic acids is 1. The van der Waals surface area contributed by atoms with Gasteiger partial charge in [-0.3, -0.25) is 9.78 Å². The molecule has 3 aliphatic rings. The van der Waals surface area contributed by atoms with Gasteiger partial charge in [0.15, 0.2) is 0 Å². The molecule has 1 atom stereocenters. The number of ether oxygens (including phenoxy) is 1. The molecule has 38 heavy (non-hydrogen) atoms. The average Bonchev–Trinajstić information content (AvgIpc) is 3.43. The van der Waals surface area contributed by atoms with Gasteiger partial charge in [0.2, 0.25) is 0 Å². The lowest BCUT2D eigenvalue weighted by Crippen LogP contribution is -2.58. The fourth-order valence-corrected chi connectivity index (χ4v) is 6.17. The Balaban J connectivity index is 1.19. The largest absolute Gasteiger partial charge is 0.373 e. The molecule has 1 amide bonds. The van der Waals surface area contributed by atoms with Crippen LogP contribution in [0.1, 0.15) is 58.4 Å². The van der Waals surface area contributed by atoms with Crippen LogP contribution < -0.4 is 5.32 Å². The zero-order chi connectivity index (χ0) is 26.3. The minimum absolute atomic E-state index is 0.158. The molecule has 3 heterocycles. The number of hydrogen-bond acceptors (Lipinski definition) is 4. The molecule has 1 saturated carbocycles. The lowest BCUT2D eigenvalue weighted by Gasteiger charge is -2.56. The zero-order valence-electron chi connectivity index (χ0n) is 21.8. The van der Waals surface area contributed by atoms with Gasteiger partial charge in [0.1, 0.15) is 5.82 Å². The van der Waals surface area contributed by atoms with Gasteiger partial charge in [-0.2, -0.15) is 0 Å². The number of aromatic nitrogens is 1. The van der Waals surface area contributed by atoms with E-state index in [1.54, 1.807) is 12.4 Å². The van der Waals surface area contributed by atoms with Crippen molar-refractivity contribution in [3.63, 3.8) is 0 Å². The van der Waals surface area contributed by atoms with Crippen LogP contribution in [0.15, 0.2) is 78.6 Å². The number of nitrogens with one attached hydrogen (secondary N) is 1. The first-order chi connectivity index (χ1) is 18.4. The molecule has 1 saturated heterocycles. The Morgan fingerprint density at radius 3 is 2.34 bits per heavy atom. The maximum absolute atomic E-state index is 13.7. The highest BCUT2D eigenvalue weighted by atomic mass is 19.1. The summed E-state index contributed by atoms with van der Waals surface area (Å²) in [6, 6.07) is 16.9. The van der Waals surface area contributed by atoms with E-state index in [0.717, 1.165) is 53.8 Å². The molecule has 2 aliphatic heterocycles. The van der Waals surface area contributed by atoms with E-state index in [2.05, 4.69) is 46.5 Å². The average molecular weight is 510 g/mol. The molecule has 0 radical (unpaired) electrons. The molecule has 5 nitrogen and oxygen atoms in total. The first-order valence-corrected chi connectivity index (χ1v) is 13.2. The van der Waals surface area contributed by atoms with Crippen LogP contribution in [-0.2, 0) is 4.74 Å². The Labute approximate surface area is 223 Å². The number of likely N-dealkylation sites (tertiary alicyclic amines) is 1. The van der Waals surface area contributed by atoms with Gasteiger partial charge in [-0.1, -0.05) is 48.0 Å². The number of benzene rings is 2. The summed E-state index contributed by atoms with van der Waals surface area (Å²) in [5, 5.41) is 3.10. The fraction of sp³-hybridized carbons (Fsp3) is 0.312. The van der Waals surface area contributed by atoms with E-state index in [1.807, 2.05) is 31.2 Å². The molecule has 2 fully saturated rings. The second-order valence-electron chi connectivity index (χ2n) is 11.0. The molecule has 3 aromatic rings. The summed E-state index contributed by atoms with van der Waals surface area (Å²) in [4.78, 5) is 19.6. The van der Waals surface area contributed by atoms with Crippen LogP contribution in [0.4, 0.5) is 4.39 Å². The summed E-state index contributed by atoms with van der Waals surface area (Å²) in [7, 11) is 2.17. The van der Waals surface area contributed by atoms with Crippen molar-refractivity contribution < 1.29 is 13.9 Å². The van der Waals surface area contributed by atoms with Crippen LogP contribution in [-0.4, -0.2) is 49.1 Å². The van der Waals surface area contributed by atoms with E-state index >= 15 is 0 Å². The monoisotopic (exact) mass is 509 g/mol. The van der Waals surface area contributed by atoms with Gasteiger partial charge in [-0.15, -0.1) is 0 Å². The summed E-state index contributed by atoms with van der Waals surface area (Å²) in [5.74, 6) is -0.382. The first-order valence-electron chi connectivity index (χ1n) is 13.2. The van der Waals surface area contributed by atoms with E-state index in [1.165, 1.54) is 23.3 Å². The second-order valence-corrected chi connectivity index (χ2v) is 11.0. The van der Waals surface area contributed by atoms with Crippen LogP contribution in [0.25, 0.3) is 11.1 Å². The van der Waals surface area contributed by atoms with Crippen LogP contribution in [0.2, 0.25) is 0 Å². The molecule has 0 unspecified atom stereocenters. The summed E-state index contributed by atoms with van der Waals surface area (Å²) in [6.07, 6.45) is 7.56. The fourth-order valence-electron chi connectivity index (χ4n) is 6.17. The number of allylic oxidation sites excluding steroid dienone is 1. The Morgan fingerprint density at radius 1 is 1.03 bits per heavy atom. The number of carbonyl (C=O) groups is 1. The van der Waals surface area contributed by atoms with Crippen LogP contribution in [0.5, 0.6) is 0 Å². The van der Waals surface area contributed by atoms with Crippen molar-refractivity contribution in [2.24, 2.45) is 5.41 Å². The zero-order valence-corrected chi connectivity index (χ0v) is 21.8. The standard InChI is InChI=1S/C32H32FN3O2/c1-21(35-31(37)27-13-26(16-34-17-27)25-11-12-38-18-25)22-3-5-23(6-4-22)30(24-7-9-29(33)10-8-24)28-14-32(15-28)19-36(2)20-32/h3-11,13,16-17,21H,12,14-15,18-20H2,1-2H3,(H,35,37)/t21-/m1/s1. The van der Waals surface area contributed by atoms with Crippen molar-refractivity contribution >= 4 is 17.1 Å². The number of nitrogens with zero attached hydrogens (tertiary/aromatic N) is 2. The Bertz CT molecular complexity index is 1410. The molecule has 6 rings (SSSR count). The molecule has 1 N–H and O–H groups in total. The number of rotatable bonds is 6. The quantitative estimate of drug-likeness (QED) is 0.466. The van der Waals surface area contributed by atoms with Gasteiger partial charge in [-0.05, 0) is 78.4 Å². The minimum Gasteiger partial charge on any atom is -0.373 e. The maximum Gasteiger partial charge on any atom is 0.253 e. The number of pyridine rings is 1. The smallest absolute Gasteiger partial charge is 0.253 e. The summed E-state index contributed by atoms with van der Waals surface area (Å²) in [5.41, 5.74) is 8.77. The van der Waals surface area contributed by atoms with Crippen molar-refractivity contribution in [2.75, 3.05) is 33.4 Å². The number of amides is 1. The molecular formula is C32H32FN3O2. The predicted molar refractivity (Wildman–Crippen MR) is 147 cm³/mol. The van der Waals surface area contributed by atoms with Crippen LogP contribution in [0.3, 0.4) is 0 Å². The number of hydrogen-bond donors (Lipinski definition) is 1. The third-order valence-corrected chi connectivity index (χ3v) is 8.00.